The fourth-order valence-corrected chi connectivity index (χ4v) is 2.35. The zero-order valence-electron chi connectivity index (χ0n) is 12.6. The van der Waals surface area contributed by atoms with E-state index in [-0.39, 0.29) is 6.61 Å². The molecule has 1 aromatic heterocycles. The lowest BCUT2D eigenvalue weighted by atomic mass is 10.1. The number of rotatable bonds is 5. The summed E-state index contributed by atoms with van der Waals surface area (Å²) in [7, 11) is 3.28. The minimum atomic E-state index is -1.09. The van der Waals surface area contributed by atoms with Gasteiger partial charge in [0.15, 0.2) is 0 Å². The molecule has 0 bridgehead atoms. The summed E-state index contributed by atoms with van der Waals surface area (Å²) in [5.41, 5.74) is 1.59. The predicted octanol–water partition coefficient (Wildman–Crippen LogP) is 2.46. The molecule has 2 rings (SSSR count). The molecular formula is C16H17NO5. The van der Waals surface area contributed by atoms with Gasteiger partial charge in [-0.1, -0.05) is 0 Å². The van der Waals surface area contributed by atoms with Crippen LogP contribution in [0.25, 0.3) is 17.0 Å². The van der Waals surface area contributed by atoms with Crippen LogP contribution in [0, 0.1) is 0 Å². The Labute approximate surface area is 127 Å². The maximum atomic E-state index is 12.2. The smallest absolute Gasteiger partial charge is 0.355 e. The van der Waals surface area contributed by atoms with Crippen molar-refractivity contribution in [3.05, 3.63) is 35.5 Å². The van der Waals surface area contributed by atoms with Crippen molar-refractivity contribution in [2.45, 2.75) is 6.92 Å². The maximum Gasteiger partial charge on any atom is 0.355 e. The summed E-state index contributed by atoms with van der Waals surface area (Å²) in [6.45, 7) is 1.96. The number of hydrogen-bond donors (Lipinski definition) is 1. The van der Waals surface area contributed by atoms with Crippen LogP contribution in [0.2, 0.25) is 0 Å². The standard InChI is InChI=1S/C16H17NO5/c1-4-22-16(20)15-11(6-8-14(18)19)12-9-10(21-3)5-7-13(12)17(15)2/h5-9H,4H2,1-3H3,(H,18,19)/b8-6-. The van der Waals surface area contributed by atoms with E-state index in [1.54, 1.807) is 37.8 Å². The molecule has 1 N–H and O–H groups in total. The van der Waals surface area contributed by atoms with Crippen LogP contribution in [0.4, 0.5) is 0 Å². The number of carbonyl (C=O) groups excluding carboxylic acids is 1. The molecule has 0 radical (unpaired) electrons. The number of aryl methyl sites for hydroxylation is 1. The summed E-state index contributed by atoms with van der Waals surface area (Å²) >= 11 is 0. The van der Waals surface area contributed by atoms with Crippen molar-refractivity contribution in [1.29, 1.82) is 0 Å². The quantitative estimate of drug-likeness (QED) is 0.678. The number of fused-ring (bicyclic) bond motifs is 1. The summed E-state index contributed by atoms with van der Waals surface area (Å²) in [5.74, 6) is -0.960. The van der Waals surface area contributed by atoms with E-state index in [0.29, 0.717) is 17.0 Å². The SMILES string of the molecule is CCOC(=O)c1c(/C=C\C(=O)O)c2cc(OC)ccc2n1C. The van der Waals surface area contributed by atoms with Crippen LogP contribution in [0.5, 0.6) is 5.75 Å². The average Bonchev–Trinajstić information content (AvgIpc) is 2.77. The van der Waals surface area contributed by atoms with Crippen molar-refractivity contribution in [3.63, 3.8) is 0 Å². The summed E-state index contributed by atoms with van der Waals surface area (Å²) in [5, 5.41) is 9.58. The highest BCUT2D eigenvalue weighted by Crippen LogP contribution is 2.30. The van der Waals surface area contributed by atoms with Gasteiger partial charge in [-0.2, -0.15) is 0 Å². The first-order chi connectivity index (χ1) is 10.5. The number of carboxylic acid groups (broad SMARTS) is 1. The van der Waals surface area contributed by atoms with Crippen LogP contribution in [0.15, 0.2) is 24.3 Å². The number of esters is 1. The second-order valence-corrected chi connectivity index (χ2v) is 4.60. The minimum Gasteiger partial charge on any atom is -0.497 e. The molecule has 0 unspecified atom stereocenters. The highest BCUT2D eigenvalue weighted by molar-refractivity contribution is 6.05. The number of ether oxygens (including phenoxy) is 2. The Balaban J connectivity index is 2.74. The summed E-state index contributed by atoms with van der Waals surface area (Å²) in [4.78, 5) is 23.0. The third-order valence-electron chi connectivity index (χ3n) is 3.31. The molecule has 0 saturated carbocycles. The van der Waals surface area contributed by atoms with E-state index in [2.05, 4.69) is 0 Å². The molecule has 0 aliphatic heterocycles. The molecule has 6 heteroatoms. The van der Waals surface area contributed by atoms with E-state index in [4.69, 9.17) is 14.6 Å². The van der Waals surface area contributed by atoms with E-state index >= 15 is 0 Å². The second kappa shape index (κ2) is 6.34. The number of nitrogens with zero attached hydrogens (tertiary/aromatic N) is 1. The van der Waals surface area contributed by atoms with Gasteiger partial charge in [-0.05, 0) is 31.2 Å². The summed E-state index contributed by atoms with van der Waals surface area (Å²) in [6, 6.07) is 5.36. The van der Waals surface area contributed by atoms with Crippen LogP contribution in [-0.2, 0) is 16.6 Å². The molecule has 2 aromatic rings. The first-order valence-corrected chi connectivity index (χ1v) is 6.74. The number of aliphatic carboxylic acids is 1. The van der Waals surface area contributed by atoms with Crippen LogP contribution < -0.4 is 4.74 Å². The molecule has 6 nitrogen and oxygen atoms in total. The van der Waals surface area contributed by atoms with Gasteiger partial charge in [-0.15, -0.1) is 0 Å². The monoisotopic (exact) mass is 303 g/mol. The Morgan fingerprint density at radius 2 is 2.09 bits per heavy atom. The number of carboxylic acids is 1. The summed E-state index contributed by atoms with van der Waals surface area (Å²) in [6.07, 6.45) is 2.40. The highest BCUT2D eigenvalue weighted by Gasteiger charge is 2.21. The van der Waals surface area contributed by atoms with E-state index in [0.717, 1.165) is 17.0 Å². The molecule has 1 aromatic carbocycles. The van der Waals surface area contributed by atoms with E-state index < -0.39 is 11.9 Å². The van der Waals surface area contributed by atoms with Gasteiger partial charge in [0.25, 0.3) is 0 Å². The normalized spacial score (nSPS) is 11.0. The lowest BCUT2D eigenvalue weighted by molar-refractivity contribution is -0.131. The van der Waals surface area contributed by atoms with Gasteiger partial charge in [-0.3, -0.25) is 0 Å². The Morgan fingerprint density at radius 1 is 1.36 bits per heavy atom. The van der Waals surface area contributed by atoms with Crippen molar-refractivity contribution in [2.24, 2.45) is 7.05 Å². The van der Waals surface area contributed by atoms with Crippen molar-refractivity contribution in [3.8, 4) is 5.75 Å². The molecule has 0 aliphatic carbocycles. The fourth-order valence-electron chi connectivity index (χ4n) is 2.35. The molecule has 116 valence electrons. The largest absolute Gasteiger partial charge is 0.497 e. The molecule has 0 aliphatic rings. The van der Waals surface area contributed by atoms with Crippen molar-refractivity contribution in [2.75, 3.05) is 13.7 Å². The van der Waals surface area contributed by atoms with E-state index in [9.17, 15) is 9.59 Å². The molecule has 0 atom stereocenters. The first-order valence-electron chi connectivity index (χ1n) is 6.74. The van der Waals surface area contributed by atoms with Gasteiger partial charge in [0, 0.05) is 29.6 Å². The second-order valence-electron chi connectivity index (χ2n) is 4.60. The minimum absolute atomic E-state index is 0.242. The third-order valence-corrected chi connectivity index (χ3v) is 3.31. The van der Waals surface area contributed by atoms with E-state index in [1.807, 2.05) is 6.07 Å². The van der Waals surface area contributed by atoms with Gasteiger partial charge in [-0.25, -0.2) is 9.59 Å². The summed E-state index contributed by atoms with van der Waals surface area (Å²) < 4.78 is 12.0. The Morgan fingerprint density at radius 3 is 2.68 bits per heavy atom. The number of carbonyl (C=O) groups is 2. The first kappa shape index (κ1) is 15.6. The zero-order chi connectivity index (χ0) is 16.3. The van der Waals surface area contributed by atoms with Crippen LogP contribution in [0.3, 0.4) is 0 Å². The third kappa shape index (κ3) is 2.81. The van der Waals surface area contributed by atoms with Crippen molar-refractivity contribution in [1.82, 2.24) is 4.57 Å². The topological polar surface area (TPSA) is 77.8 Å². The molecule has 0 fully saturated rings. The number of methoxy groups -OCH3 is 1. The molecule has 0 saturated heterocycles. The van der Waals surface area contributed by atoms with E-state index in [1.165, 1.54) is 6.08 Å². The molecule has 22 heavy (non-hydrogen) atoms. The molecule has 0 spiro atoms. The number of aromatic nitrogens is 1. The number of benzene rings is 1. The van der Waals surface area contributed by atoms with Crippen molar-refractivity contribution >= 4 is 28.9 Å². The van der Waals surface area contributed by atoms with Gasteiger partial charge in [0.05, 0.1) is 13.7 Å². The van der Waals surface area contributed by atoms with Crippen LogP contribution >= 0.6 is 0 Å². The Bertz CT molecular complexity index is 757. The van der Waals surface area contributed by atoms with Gasteiger partial charge in [0.1, 0.15) is 11.4 Å². The molecule has 0 amide bonds. The van der Waals surface area contributed by atoms with Gasteiger partial charge in [0.2, 0.25) is 0 Å². The molecule has 1 heterocycles. The van der Waals surface area contributed by atoms with Gasteiger partial charge >= 0.3 is 11.9 Å². The fraction of sp³-hybridized carbons (Fsp3) is 0.250. The maximum absolute atomic E-state index is 12.2. The van der Waals surface area contributed by atoms with Gasteiger partial charge < -0.3 is 19.1 Å². The molecular weight excluding hydrogens is 286 g/mol. The zero-order valence-corrected chi connectivity index (χ0v) is 12.6. The van der Waals surface area contributed by atoms with Crippen molar-refractivity contribution < 1.29 is 24.2 Å². The Kier molecular flexibility index (Phi) is 4.50. The average molecular weight is 303 g/mol. The van der Waals surface area contributed by atoms with Crippen LogP contribution in [-0.4, -0.2) is 35.3 Å². The number of hydrogen-bond acceptors (Lipinski definition) is 4. The lowest BCUT2D eigenvalue weighted by Gasteiger charge is -2.05. The van der Waals surface area contributed by atoms with Crippen LogP contribution in [0.1, 0.15) is 23.0 Å². The highest BCUT2D eigenvalue weighted by atomic mass is 16.5. The predicted molar refractivity (Wildman–Crippen MR) is 82.1 cm³/mol. The lowest BCUT2D eigenvalue weighted by Crippen LogP contribution is -2.11. The Hall–Kier alpha value is -2.76.